The van der Waals surface area contributed by atoms with Crippen LogP contribution in [0.3, 0.4) is 0 Å². The lowest BCUT2D eigenvalue weighted by molar-refractivity contribution is 0.223. The second kappa shape index (κ2) is 17.6. The number of phenolic OH excluding ortho intramolecular Hbond substituents is 4. The first-order chi connectivity index (χ1) is 28.9. The molecule has 0 aromatic heterocycles. The molecule has 0 aliphatic carbocycles. The summed E-state index contributed by atoms with van der Waals surface area (Å²) in [6.45, 7) is 5.56. The fourth-order valence-corrected chi connectivity index (χ4v) is 11.3. The van der Waals surface area contributed by atoms with E-state index in [1.807, 2.05) is 48.5 Å². The van der Waals surface area contributed by atoms with Gasteiger partial charge in [-0.15, -0.1) is 0 Å². The standard InChI is InChI=1S/C48H44Br4N4O4/c49-41-9-33-21-53-17-29-3-1-4-30(7-29)18-54-23-35-11-43(51)15-39(47(35)59)27-55(25-37(13-41)45(33)57)19-31-5-2-6-32(8-31)20-56(26-38-14-42(50)10-34(22-53)46(38)58)28-40-16-44(52)12-36(24-54)48(40)60/h1-16,57-60H,17-28H2. The maximum absolute atomic E-state index is 12.2. The van der Waals surface area contributed by atoms with Gasteiger partial charge in [-0.3, -0.25) is 19.6 Å². The smallest absolute Gasteiger partial charge is 0.124 e. The molecule has 4 aliphatic rings. The van der Waals surface area contributed by atoms with Gasteiger partial charge in [0, 0.05) is 141 Å². The Balaban J connectivity index is 1.32. The molecule has 8 nitrogen and oxygen atoms in total. The summed E-state index contributed by atoms with van der Waals surface area (Å²) in [4.78, 5) is 9.13. The summed E-state index contributed by atoms with van der Waals surface area (Å²) in [7, 11) is 0. The van der Waals surface area contributed by atoms with Gasteiger partial charge in [0.1, 0.15) is 23.0 Å². The van der Waals surface area contributed by atoms with Gasteiger partial charge in [-0.05, 0) is 70.8 Å². The zero-order valence-corrected chi connectivity index (χ0v) is 39.2. The van der Waals surface area contributed by atoms with Gasteiger partial charge in [0.25, 0.3) is 0 Å². The molecule has 16 bridgehead atoms. The first kappa shape index (κ1) is 41.6. The van der Waals surface area contributed by atoms with Crippen LogP contribution in [0.2, 0.25) is 0 Å². The Morgan fingerprint density at radius 3 is 0.650 bits per heavy atom. The zero-order valence-electron chi connectivity index (χ0n) is 32.8. The number of rotatable bonds is 0. The summed E-state index contributed by atoms with van der Waals surface area (Å²) in [5.74, 6) is 0.926. The van der Waals surface area contributed by atoms with Gasteiger partial charge >= 0.3 is 0 Å². The molecule has 0 fully saturated rings. The molecule has 308 valence electrons. The van der Waals surface area contributed by atoms with E-state index in [9.17, 15) is 20.4 Å². The molecule has 0 saturated carbocycles. The molecule has 6 aromatic carbocycles. The molecule has 0 amide bonds. The molecule has 60 heavy (non-hydrogen) atoms. The Bertz CT molecular complexity index is 2160. The van der Waals surface area contributed by atoms with Crippen molar-refractivity contribution in [3.8, 4) is 23.0 Å². The number of nitrogens with zero attached hydrogens (tertiary/aromatic N) is 4. The van der Waals surface area contributed by atoms with Crippen LogP contribution in [-0.2, 0) is 78.5 Å². The maximum Gasteiger partial charge on any atom is 0.124 e. The highest BCUT2D eigenvalue weighted by atomic mass is 79.9. The van der Waals surface area contributed by atoms with Gasteiger partial charge < -0.3 is 20.4 Å². The van der Waals surface area contributed by atoms with Gasteiger partial charge in [0.15, 0.2) is 0 Å². The number of hydrogen-bond donors (Lipinski definition) is 4. The Hall–Kier alpha value is -3.72. The van der Waals surface area contributed by atoms with E-state index in [0.29, 0.717) is 78.5 Å². The van der Waals surface area contributed by atoms with E-state index >= 15 is 0 Å². The van der Waals surface area contributed by atoms with Crippen LogP contribution in [0, 0.1) is 0 Å². The third-order valence-corrected chi connectivity index (χ3v) is 13.5. The van der Waals surface area contributed by atoms with Crippen molar-refractivity contribution in [3.63, 3.8) is 0 Å². The minimum atomic E-state index is 0.232. The molecular formula is C48H44Br4N4O4. The van der Waals surface area contributed by atoms with Gasteiger partial charge in [-0.25, -0.2) is 0 Å². The molecule has 6 aromatic rings. The van der Waals surface area contributed by atoms with E-state index in [0.717, 1.165) is 84.7 Å². The Labute approximate surface area is 384 Å². The summed E-state index contributed by atoms with van der Waals surface area (Å²) >= 11 is 15.2. The average Bonchev–Trinajstić information content (AvgIpc) is 3.18. The number of benzene rings is 6. The first-order valence-electron chi connectivity index (χ1n) is 19.9. The van der Waals surface area contributed by atoms with E-state index in [1.165, 1.54) is 0 Å². The lowest BCUT2D eigenvalue weighted by Crippen LogP contribution is -2.27. The van der Waals surface area contributed by atoms with E-state index in [4.69, 9.17) is 0 Å². The lowest BCUT2D eigenvalue weighted by Gasteiger charge is -2.30. The lowest BCUT2D eigenvalue weighted by atomic mass is 10.0. The Kier molecular flexibility index (Phi) is 12.2. The third kappa shape index (κ3) is 9.36. The highest BCUT2D eigenvalue weighted by Crippen LogP contribution is 2.38. The molecule has 4 heterocycles. The summed E-state index contributed by atoms with van der Waals surface area (Å²) in [6.07, 6.45) is 0. The molecule has 12 heteroatoms. The van der Waals surface area contributed by atoms with Gasteiger partial charge in [0.2, 0.25) is 0 Å². The zero-order chi connectivity index (χ0) is 41.7. The van der Waals surface area contributed by atoms with Crippen molar-refractivity contribution >= 4 is 63.7 Å². The topological polar surface area (TPSA) is 93.9 Å². The number of hydrogen-bond acceptors (Lipinski definition) is 8. The van der Waals surface area contributed by atoms with Crippen molar-refractivity contribution < 1.29 is 20.4 Å². The minimum Gasteiger partial charge on any atom is -0.507 e. The predicted octanol–water partition coefficient (Wildman–Crippen LogP) is 11.3. The molecule has 4 N–H and O–H groups in total. The number of aromatic hydroxyl groups is 4. The largest absolute Gasteiger partial charge is 0.507 e. The molecule has 0 saturated heterocycles. The van der Waals surface area contributed by atoms with E-state index in [-0.39, 0.29) is 23.0 Å². The van der Waals surface area contributed by atoms with Crippen LogP contribution >= 0.6 is 63.7 Å². The van der Waals surface area contributed by atoms with Crippen LogP contribution < -0.4 is 0 Å². The third-order valence-electron chi connectivity index (χ3n) is 11.7. The van der Waals surface area contributed by atoms with Crippen molar-refractivity contribution in [1.29, 1.82) is 0 Å². The van der Waals surface area contributed by atoms with Crippen LogP contribution in [0.1, 0.15) is 66.8 Å². The minimum absolute atomic E-state index is 0.232. The molecule has 0 unspecified atom stereocenters. The van der Waals surface area contributed by atoms with Crippen LogP contribution in [0.25, 0.3) is 0 Å². The molecule has 0 spiro atoms. The average molecular weight is 1060 g/mol. The second-order valence-electron chi connectivity index (χ2n) is 16.5. The van der Waals surface area contributed by atoms with Gasteiger partial charge in [0.05, 0.1) is 0 Å². The molecule has 0 atom stereocenters. The number of halogens is 4. The first-order valence-corrected chi connectivity index (χ1v) is 23.1. The highest BCUT2D eigenvalue weighted by molar-refractivity contribution is 9.11. The fourth-order valence-electron chi connectivity index (χ4n) is 9.12. The molecule has 0 radical (unpaired) electrons. The SMILES string of the molecule is Oc1c2cc(Br)cc1CN1Cc3cccc(c3)CN3Cc4cc(Br)cc(c4O)CN(Cc4cccc(c4)CN(Cc4cc(Br)cc(c4O)C1)Cc1cc(Br)cc(c1O)C3)C2. The maximum atomic E-state index is 12.2. The highest BCUT2D eigenvalue weighted by Gasteiger charge is 2.25. The Morgan fingerprint density at radius 1 is 0.283 bits per heavy atom. The van der Waals surface area contributed by atoms with Crippen LogP contribution in [-0.4, -0.2) is 40.0 Å². The van der Waals surface area contributed by atoms with Crippen LogP contribution in [0.5, 0.6) is 23.0 Å². The van der Waals surface area contributed by atoms with Crippen LogP contribution in [0.15, 0.2) is 115 Å². The monoisotopic (exact) mass is 1060 g/mol. The van der Waals surface area contributed by atoms with Crippen molar-refractivity contribution in [2.24, 2.45) is 0 Å². The number of phenols is 4. The predicted molar refractivity (Wildman–Crippen MR) is 248 cm³/mol. The second-order valence-corrected chi connectivity index (χ2v) is 20.2. The van der Waals surface area contributed by atoms with Gasteiger partial charge in [-0.2, -0.15) is 0 Å². The Morgan fingerprint density at radius 2 is 0.467 bits per heavy atom. The van der Waals surface area contributed by atoms with Crippen molar-refractivity contribution in [2.45, 2.75) is 78.5 Å². The normalized spacial score (nSPS) is 20.5. The van der Waals surface area contributed by atoms with E-state index < -0.39 is 0 Å². The fraction of sp³-hybridized carbons (Fsp3) is 0.250. The molecule has 4 aliphatic heterocycles. The van der Waals surface area contributed by atoms with E-state index in [1.54, 1.807) is 0 Å². The van der Waals surface area contributed by atoms with Crippen molar-refractivity contribution in [1.82, 2.24) is 19.6 Å². The van der Waals surface area contributed by atoms with E-state index in [2.05, 4.69) is 132 Å². The van der Waals surface area contributed by atoms with Crippen molar-refractivity contribution in [2.75, 3.05) is 0 Å². The van der Waals surface area contributed by atoms with Gasteiger partial charge in [-0.1, -0.05) is 112 Å². The van der Waals surface area contributed by atoms with Crippen molar-refractivity contribution in [3.05, 3.63) is 182 Å². The summed E-state index contributed by atoms with van der Waals surface area (Å²) in [6, 6.07) is 33.0. The van der Waals surface area contributed by atoms with Crippen LogP contribution in [0.4, 0.5) is 0 Å². The summed E-state index contributed by atoms with van der Waals surface area (Å²) < 4.78 is 3.45. The quantitative estimate of drug-likeness (QED) is 0.120. The molecule has 10 rings (SSSR count). The summed E-state index contributed by atoms with van der Waals surface area (Å²) in [5.41, 5.74) is 10.5. The summed E-state index contributed by atoms with van der Waals surface area (Å²) in [5, 5.41) is 48.6. The molecular weight excluding hydrogens is 1020 g/mol.